The molecule has 134 valence electrons. The number of likely N-dealkylation sites (N-methyl/N-ethyl adjacent to an activating group) is 1. The fraction of sp³-hybridized carbons (Fsp3) is 0.444. The molecule has 25 heavy (non-hydrogen) atoms. The van der Waals surface area contributed by atoms with E-state index in [1.165, 1.54) is 0 Å². The molecule has 0 saturated heterocycles. The number of urea groups is 1. The maximum Gasteiger partial charge on any atom is 0.319 e. The molecule has 2 rings (SSSR count). The number of carbonyl (C=O) groups is 2. The van der Waals surface area contributed by atoms with Gasteiger partial charge in [-0.1, -0.05) is 18.9 Å². The lowest BCUT2D eigenvalue weighted by molar-refractivity contribution is -0.139. The summed E-state index contributed by atoms with van der Waals surface area (Å²) in [5.41, 5.74) is 0.615. The number of anilines is 1. The summed E-state index contributed by atoms with van der Waals surface area (Å²) >= 11 is 0. The molecule has 0 unspecified atom stereocenters. The summed E-state index contributed by atoms with van der Waals surface area (Å²) in [5.74, 6) is 2.14. The van der Waals surface area contributed by atoms with Gasteiger partial charge in [-0.25, -0.2) is 4.79 Å². The van der Waals surface area contributed by atoms with Crippen molar-refractivity contribution in [1.82, 2.24) is 10.2 Å². The first-order valence-electron chi connectivity index (χ1n) is 8.21. The van der Waals surface area contributed by atoms with Crippen LogP contribution in [0.2, 0.25) is 0 Å². The first kappa shape index (κ1) is 18.6. The maximum absolute atomic E-state index is 12.1. The van der Waals surface area contributed by atoms with Crippen LogP contribution in [0, 0.1) is 12.3 Å². The number of ether oxygens (including phenoxy) is 1. The summed E-state index contributed by atoms with van der Waals surface area (Å²) < 4.78 is 5.31. The number of nitrogens with one attached hydrogen (secondary N) is 2. The van der Waals surface area contributed by atoms with Crippen LogP contribution in [0.25, 0.3) is 0 Å². The molecular formula is C18H23N3O4. The Balaban J connectivity index is 1.77. The van der Waals surface area contributed by atoms with Gasteiger partial charge in [-0.2, -0.15) is 0 Å². The summed E-state index contributed by atoms with van der Waals surface area (Å²) in [4.78, 5) is 24.8. The monoisotopic (exact) mass is 345 g/mol. The largest absolute Gasteiger partial charge is 0.481 e. The first-order valence-corrected chi connectivity index (χ1v) is 8.21. The highest BCUT2D eigenvalue weighted by Crippen LogP contribution is 2.25. The number of carboxylic acids is 1. The SMILES string of the molecule is C#CCOc1cccc(NC(=O)NC2CC(N(CC)CC(=O)O)C2)c1. The molecule has 1 fully saturated rings. The van der Waals surface area contributed by atoms with Gasteiger partial charge in [0.15, 0.2) is 0 Å². The van der Waals surface area contributed by atoms with Gasteiger partial charge in [0.2, 0.25) is 0 Å². The third-order valence-corrected chi connectivity index (χ3v) is 4.12. The van der Waals surface area contributed by atoms with E-state index in [2.05, 4.69) is 16.6 Å². The number of carbonyl (C=O) groups excluding carboxylic acids is 1. The molecule has 0 radical (unpaired) electrons. The second kappa shape index (κ2) is 8.94. The summed E-state index contributed by atoms with van der Waals surface area (Å²) in [6.07, 6.45) is 6.65. The fourth-order valence-electron chi connectivity index (χ4n) is 2.82. The van der Waals surface area contributed by atoms with Crippen LogP contribution >= 0.6 is 0 Å². The predicted molar refractivity (Wildman–Crippen MR) is 94.6 cm³/mol. The van der Waals surface area contributed by atoms with E-state index in [0.717, 1.165) is 12.8 Å². The van der Waals surface area contributed by atoms with Crippen molar-refractivity contribution in [3.8, 4) is 18.1 Å². The van der Waals surface area contributed by atoms with Crippen LogP contribution in [-0.2, 0) is 4.79 Å². The van der Waals surface area contributed by atoms with Crippen molar-refractivity contribution in [1.29, 1.82) is 0 Å². The standard InChI is InChI=1S/C18H23N3O4/c1-3-8-25-16-7-5-6-13(11-16)19-18(24)20-14-9-15(10-14)21(4-2)12-17(22)23/h1,5-7,11,14-15H,4,8-10,12H2,2H3,(H,22,23)(H2,19,20,24). The molecule has 1 aliphatic carbocycles. The highest BCUT2D eigenvalue weighted by Gasteiger charge is 2.34. The van der Waals surface area contributed by atoms with Crippen LogP contribution in [0.4, 0.5) is 10.5 Å². The van der Waals surface area contributed by atoms with Crippen LogP contribution in [0.5, 0.6) is 5.75 Å². The van der Waals surface area contributed by atoms with Crippen molar-refractivity contribution >= 4 is 17.7 Å². The average molecular weight is 345 g/mol. The van der Waals surface area contributed by atoms with Crippen LogP contribution in [-0.4, -0.2) is 53.8 Å². The Morgan fingerprint density at radius 3 is 2.84 bits per heavy atom. The molecule has 1 aromatic carbocycles. The van der Waals surface area contributed by atoms with E-state index in [-0.39, 0.29) is 31.3 Å². The van der Waals surface area contributed by atoms with Crippen LogP contribution < -0.4 is 15.4 Å². The number of hydrogen-bond acceptors (Lipinski definition) is 4. The minimum Gasteiger partial charge on any atom is -0.481 e. The number of rotatable bonds is 8. The van der Waals surface area contributed by atoms with Gasteiger partial charge in [0, 0.05) is 23.8 Å². The van der Waals surface area contributed by atoms with Crippen molar-refractivity contribution in [3.05, 3.63) is 24.3 Å². The van der Waals surface area contributed by atoms with Gasteiger partial charge in [-0.3, -0.25) is 9.69 Å². The molecule has 7 nitrogen and oxygen atoms in total. The number of aliphatic carboxylic acids is 1. The Kier molecular flexibility index (Phi) is 6.66. The lowest BCUT2D eigenvalue weighted by atomic mass is 9.85. The maximum atomic E-state index is 12.1. The van der Waals surface area contributed by atoms with E-state index < -0.39 is 5.97 Å². The Bertz CT molecular complexity index is 650. The number of benzene rings is 1. The van der Waals surface area contributed by atoms with Crippen molar-refractivity contribution in [2.24, 2.45) is 0 Å². The molecule has 0 atom stereocenters. The normalized spacial score (nSPS) is 18.8. The zero-order valence-corrected chi connectivity index (χ0v) is 14.2. The molecule has 3 N–H and O–H groups in total. The summed E-state index contributed by atoms with van der Waals surface area (Å²) in [6.45, 7) is 2.82. The minimum atomic E-state index is -0.831. The van der Waals surface area contributed by atoms with E-state index in [1.807, 2.05) is 11.8 Å². The Morgan fingerprint density at radius 2 is 2.20 bits per heavy atom. The van der Waals surface area contributed by atoms with Gasteiger partial charge in [0.25, 0.3) is 0 Å². The molecule has 0 bridgehead atoms. The zero-order chi connectivity index (χ0) is 18.2. The third kappa shape index (κ3) is 5.69. The molecule has 1 saturated carbocycles. The molecule has 2 amide bonds. The van der Waals surface area contributed by atoms with Crippen molar-refractivity contribution in [3.63, 3.8) is 0 Å². The quantitative estimate of drug-likeness (QED) is 0.625. The van der Waals surface area contributed by atoms with Gasteiger partial charge >= 0.3 is 12.0 Å². The van der Waals surface area contributed by atoms with Gasteiger partial charge in [-0.05, 0) is 31.5 Å². The lowest BCUT2D eigenvalue weighted by Gasteiger charge is -2.42. The van der Waals surface area contributed by atoms with Gasteiger partial charge in [-0.15, -0.1) is 6.42 Å². The van der Waals surface area contributed by atoms with E-state index in [9.17, 15) is 9.59 Å². The minimum absolute atomic E-state index is 0.0323. The fourth-order valence-corrected chi connectivity index (χ4v) is 2.82. The number of carboxylic acid groups (broad SMARTS) is 1. The van der Waals surface area contributed by atoms with Gasteiger partial charge < -0.3 is 20.5 Å². The Labute approximate surface area is 147 Å². The summed E-state index contributed by atoms with van der Waals surface area (Å²) in [5, 5.41) is 14.5. The second-order valence-electron chi connectivity index (χ2n) is 5.90. The molecule has 0 spiro atoms. The number of hydrogen-bond donors (Lipinski definition) is 3. The summed E-state index contributed by atoms with van der Waals surface area (Å²) in [7, 11) is 0. The Morgan fingerprint density at radius 1 is 1.44 bits per heavy atom. The lowest BCUT2D eigenvalue weighted by Crippen LogP contribution is -2.55. The molecular weight excluding hydrogens is 322 g/mol. The van der Waals surface area contributed by atoms with Crippen LogP contribution in [0.1, 0.15) is 19.8 Å². The first-order chi connectivity index (χ1) is 12.0. The molecule has 0 aliphatic heterocycles. The predicted octanol–water partition coefficient (Wildman–Crippen LogP) is 1.76. The molecule has 1 aliphatic rings. The molecule has 0 heterocycles. The smallest absolute Gasteiger partial charge is 0.319 e. The molecule has 0 aromatic heterocycles. The van der Waals surface area contributed by atoms with E-state index in [1.54, 1.807) is 24.3 Å². The van der Waals surface area contributed by atoms with Crippen LogP contribution in [0.3, 0.4) is 0 Å². The van der Waals surface area contributed by atoms with Crippen molar-refractivity contribution < 1.29 is 19.4 Å². The average Bonchev–Trinajstić information content (AvgIpc) is 2.54. The molecule has 1 aromatic rings. The van der Waals surface area contributed by atoms with Crippen LogP contribution in [0.15, 0.2) is 24.3 Å². The number of amides is 2. The summed E-state index contributed by atoms with van der Waals surface area (Å²) in [6, 6.07) is 6.95. The number of nitrogens with zero attached hydrogens (tertiary/aromatic N) is 1. The zero-order valence-electron chi connectivity index (χ0n) is 14.2. The van der Waals surface area contributed by atoms with E-state index in [0.29, 0.717) is 18.0 Å². The number of terminal acetylenes is 1. The van der Waals surface area contributed by atoms with E-state index >= 15 is 0 Å². The third-order valence-electron chi connectivity index (χ3n) is 4.12. The van der Waals surface area contributed by atoms with Crippen molar-refractivity contribution in [2.45, 2.75) is 31.8 Å². The highest BCUT2D eigenvalue weighted by atomic mass is 16.5. The molecule has 7 heteroatoms. The Hall–Kier alpha value is -2.72. The second-order valence-corrected chi connectivity index (χ2v) is 5.90. The highest BCUT2D eigenvalue weighted by molar-refractivity contribution is 5.89. The van der Waals surface area contributed by atoms with Gasteiger partial charge in [0.1, 0.15) is 12.4 Å². The topological polar surface area (TPSA) is 90.9 Å². The van der Waals surface area contributed by atoms with Gasteiger partial charge in [0.05, 0.1) is 6.54 Å². The van der Waals surface area contributed by atoms with E-state index in [4.69, 9.17) is 16.3 Å². The van der Waals surface area contributed by atoms with Crippen molar-refractivity contribution in [2.75, 3.05) is 25.0 Å².